The second-order valence-electron chi connectivity index (χ2n) is 6.94. The largest absolute Gasteiger partial charge is 0.361 e. The van der Waals surface area contributed by atoms with Gasteiger partial charge in [-0.1, -0.05) is 41.9 Å². The summed E-state index contributed by atoms with van der Waals surface area (Å²) in [6.45, 7) is 0.523. The number of nitrogens with one attached hydrogen (secondary N) is 3. The molecule has 3 N–H and O–H groups in total. The van der Waals surface area contributed by atoms with Crippen molar-refractivity contribution in [2.24, 2.45) is 0 Å². The van der Waals surface area contributed by atoms with Gasteiger partial charge in [0.1, 0.15) is 11.9 Å². The van der Waals surface area contributed by atoms with Crippen molar-refractivity contribution in [3.05, 3.63) is 70.6 Å². The molecule has 8 heteroatoms. The van der Waals surface area contributed by atoms with Crippen molar-refractivity contribution in [2.45, 2.75) is 25.4 Å². The van der Waals surface area contributed by atoms with Gasteiger partial charge in [-0.25, -0.2) is 9.82 Å². The Morgan fingerprint density at radius 2 is 2.00 bits per heavy atom. The number of rotatable bonds is 5. The normalized spacial score (nSPS) is 16.3. The van der Waals surface area contributed by atoms with Gasteiger partial charge in [0.25, 0.3) is 0 Å². The maximum Gasteiger partial charge on any atom is 0.244 e. The van der Waals surface area contributed by atoms with Crippen molar-refractivity contribution in [1.29, 1.82) is 0 Å². The van der Waals surface area contributed by atoms with E-state index in [1.165, 1.54) is 11.1 Å². The zero-order chi connectivity index (χ0) is 20.4. The Bertz CT molecular complexity index is 1070. The minimum atomic E-state index is -0.644. The van der Waals surface area contributed by atoms with Gasteiger partial charge in [-0.05, 0) is 24.1 Å². The van der Waals surface area contributed by atoms with Crippen molar-refractivity contribution >= 4 is 34.3 Å². The highest BCUT2D eigenvalue weighted by Crippen LogP contribution is 2.21. The topological polar surface area (TPSA) is 77.2 Å². The second-order valence-corrected chi connectivity index (χ2v) is 7.35. The molecular weight excluding hydrogens is 395 g/mol. The highest BCUT2D eigenvalue weighted by atomic mass is 35.5. The number of benzene rings is 2. The highest BCUT2D eigenvalue weighted by molar-refractivity contribution is 6.30. The Morgan fingerprint density at radius 1 is 1.17 bits per heavy atom. The maximum absolute atomic E-state index is 14.0. The lowest BCUT2D eigenvalue weighted by molar-refractivity contribution is -0.140. The molecule has 2 amide bonds. The number of hydrogen-bond donors (Lipinski definition) is 3. The minimum absolute atomic E-state index is 0.00616. The second kappa shape index (κ2) is 8.23. The first-order valence-electron chi connectivity index (χ1n) is 9.36. The Labute approximate surface area is 172 Å². The monoisotopic (exact) mass is 414 g/mol. The number of fused-ring (bicyclic) bond motifs is 1. The van der Waals surface area contributed by atoms with Gasteiger partial charge >= 0.3 is 0 Å². The Kier molecular flexibility index (Phi) is 5.51. The molecule has 3 aromatic rings. The molecular formula is C21H20ClFN4O2. The van der Waals surface area contributed by atoms with Crippen LogP contribution in [-0.4, -0.2) is 34.4 Å². The fourth-order valence-corrected chi connectivity index (χ4v) is 3.78. The molecule has 150 valence electrons. The quantitative estimate of drug-likeness (QED) is 0.600. The smallest absolute Gasteiger partial charge is 0.244 e. The maximum atomic E-state index is 14.0. The lowest BCUT2D eigenvalue weighted by atomic mass is 10.1. The van der Waals surface area contributed by atoms with E-state index in [2.05, 4.69) is 15.7 Å². The molecule has 1 saturated heterocycles. The average Bonchev–Trinajstić information content (AvgIpc) is 3.37. The summed E-state index contributed by atoms with van der Waals surface area (Å²) in [5, 5.41) is 5.08. The first-order valence-corrected chi connectivity index (χ1v) is 9.73. The number of carbonyl (C=O) groups excluding carboxylic acids is 2. The highest BCUT2D eigenvalue weighted by Gasteiger charge is 2.34. The van der Waals surface area contributed by atoms with E-state index in [9.17, 15) is 14.0 Å². The van der Waals surface area contributed by atoms with Gasteiger partial charge in [-0.3, -0.25) is 14.6 Å². The van der Waals surface area contributed by atoms with Crippen molar-refractivity contribution in [1.82, 2.24) is 20.7 Å². The van der Waals surface area contributed by atoms with E-state index in [-0.39, 0.29) is 29.8 Å². The number of H-pyrrole nitrogens is 1. The third-order valence-corrected chi connectivity index (χ3v) is 5.38. The van der Waals surface area contributed by atoms with Crippen molar-refractivity contribution in [3.63, 3.8) is 0 Å². The van der Waals surface area contributed by atoms with Crippen LogP contribution < -0.4 is 10.7 Å². The van der Waals surface area contributed by atoms with Gasteiger partial charge in [0.15, 0.2) is 0 Å². The van der Waals surface area contributed by atoms with E-state index in [4.69, 9.17) is 11.6 Å². The molecule has 1 fully saturated rings. The minimum Gasteiger partial charge on any atom is -0.361 e. The lowest BCUT2D eigenvalue weighted by Crippen LogP contribution is -2.50. The SMILES string of the molecule is O=C(NCc1cccc(Cl)c1F)[C@H]1CCNN1C(=O)Cc1c[nH]c2ccccc12. The molecule has 1 aliphatic heterocycles. The van der Waals surface area contributed by atoms with Crippen LogP contribution in [0.4, 0.5) is 4.39 Å². The van der Waals surface area contributed by atoms with Gasteiger partial charge in [0, 0.05) is 35.8 Å². The van der Waals surface area contributed by atoms with Gasteiger partial charge in [-0.2, -0.15) is 0 Å². The van der Waals surface area contributed by atoms with E-state index in [1.807, 2.05) is 30.5 Å². The van der Waals surface area contributed by atoms with E-state index < -0.39 is 11.9 Å². The van der Waals surface area contributed by atoms with Gasteiger partial charge < -0.3 is 10.3 Å². The first kappa shape index (κ1) is 19.4. The third kappa shape index (κ3) is 3.97. The van der Waals surface area contributed by atoms with Crippen LogP contribution in [0, 0.1) is 5.82 Å². The summed E-state index contributed by atoms with van der Waals surface area (Å²) < 4.78 is 14.0. The molecule has 1 aliphatic rings. The Morgan fingerprint density at radius 3 is 2.86 bits per heavy atom. The molecule has 29 heavy (non-hydrogen) atoms. The molecule has 2 aromatic carbocycles. The summed E-state index contributed by atoms with van der Waals surface area (Å²) in [4.78, 5) is 28.6. The predicted molar refractivity (Wildman–Crippen MR) is 109 cm³/mol. The van der Waals surface area contributed by atoms with Crippen molar-refractivity contribution < 1.29 is 14.0 Å². The number of carbonyl (C=O) groups is 2. The Balaban J connectivity index is 1.42. The van der Waals surface area contributed by atoms with Gasteiger partial charge in [-0.15, -0.1) is 0 Å². The van der Waals surface area contributed by atoms with Crippen LogP contribution in [0.2, 0.25) is 5.02 Å². The van der Waals surface area contributed by atoms with Crippen LogP contribution in [0.25, 0.3) is 10.9 Å². The summed E-state index contributed by atoms with van der Waals surface area (Å²) in [7, 11) is 0. The van der Waals surface area contributed by atoms with Crippen molar-refractivity contribution in [3.8, 4) is 0 Å². The molecule has 0 radical (unpaired) electrons. The van der Waals surface area contributed by atoms with E-state index in [0.29, 0.717) is 18.5 Å². The summed E-state index contributed by atoms with van der Waals surface area (Å²) in [5.41, 5.74) is 5.12. The van der Waals surface area contributed by atoms with Crippen LogP contribution in [0.15, 0.2) is 48.7 Å². The number of hydrogen-bond acceptors (Lipinski definition) is 3. The van der Waals surface area contributed by atoms with Crippen molar-refractivity contribution in [2.75, 3.05) is 6.54 Å². The van der Waals surface area contributed by atoms with E-state index >= 15 is 0 Å². The van der Waals surface area contributed by atoms with Crippen LogP contribution in [-0.2, 0) is 22.6 Å². The molecule has 2 heterocycles. The van der Waals surface area contributed by atoms with Gasteiger partial charge in [0.05, 0.1) is 11.4 Å². The zero-order valence-corrected chi connectivity index (χ0v) is 16.3. The van der Waals surface area contributed by atoms with Gasteiger partial charge in [0.2, 0.25) is 11.8 Å². The molecule has 0 saturated carbocycles. The summed E-state index contributed by atoms with van der Waals surface area (Å²) in [6, 6.07) is 11.7. The number of nitrogens with zero attached hydrogens (tertiary/aromatic N) is 1. The van der Waals surface area contributed by atoms with E-state index in [0.717, 1.165) is 16.5 Å². The van der Waals surface area contributed by atoms with Crippen LogP contribution in [0.5, 0.6) is 0 Å². The fraction of sp³-hybridized carbons (Fsp3) is 0.238. The van der Waals surface area contributed by atoms with Crippen LogP contribution >= 0.6 is 11.6 Å². The molecule has 4 rings (SSSR count). The zero-order valence-electron chi connectivity index (χ0n) is 15.5. The molecule has 0 bridgehead atoms. The molecule has 0 spiro atoms. The molecule has 0 aliphatic carbocycles. The average molecular weight is 415 g/mol. The summed E-state index contributed by atoms with van der Waals surface area (Å²) >= 11 is 5.78. The molecule has 6 nitrogen and oxygen atoms in total. The first-order chi connectivity index (χ1) is 14.0. The summed E-state index contributed by atoms with van der Waals surface area (Å²) in [6.07, 6.45) is 2.48. The molecule has 1 atom stereocenters. The number of hydrazine groups is 1. The summed E-state index contributed by atoms with van der Waals surface area (Å²) in [5.74, 6) is -1.07. The Hall–Kier alpha value is -2.90. The lowest BCUT2D eigenvalue weighted by Gasteiger charge is -2.23. The predicted octanol–water partition coefficient (Wildman–Crippen LogP) is 2.92. The standard InChI is InChI=1S/C21H20ClFN4O2/c22-16-6-3-4-13(20(16)23)11-25-21(29)18-8-9-26-27(18)19(28)10-14-12-24-17-7-2-1-5-15(14)17/h1-7,12,18,24,26H,8-11H2,(H,25,29)/t18-/m1/s1. The number of halogens is 2. The van der Waals surface area contributed by atoms with Crippen LogP contribution in [0.3, 0.4) is 0 Å². The molecule has 0 unspecified atom stereocenters. The number of aromatic amines is 1. The number of aromatic nitrogens is 1. The fourth-order valence-electron chi connectivity index (χ4n) is 3.58. The number of amides is 2. The van der Waals surface area contributed by atoms with Crippen LogP contribution in [0.1, 0.15) is 17.5 Å². The van der Waals surface area contributed by atoms with E-state index in [1.54, 1.807) is 12.1 Å². The third-order valence-electron chi connectivity index (χ3n) is 5.08. The number of para-hydroxylation sites is 1. The molecule has 1 aromatic heterocycles.